The van der Waals surface area contributed by atoms with Crippen LogP contribution in [0.5, 0.6) is 5.75 Å². The number of sulfonamides is 1. The van der Waals surface area contributed by atoms with Gasteiger partial charge in [-0.3, -0.25) is 4.79 Å². The van der Waals surface area contributed by atoms with E-state index in [2.05, 4.69) is 28.0 Å². The number of likely N-dealkylation sites (tertiary alicyclic amines) is 1. The van der Waals surface area contributed by atoms with Crippen LogP contribution in [0.2, 0.25) is 0 Å². The first-order valence-corrected chi connectivity index (χ1v) is 12.5. The fourth-order valence-corrected chi connectivity index (χ4v) is 5.32. The van der Waals surface area contributed by atoms with Gasteiger partial charge in [0.2, 0.25) is 15.9 Å². The first-order chi connectivity index (χ1) is 15.5. The van der Waals surface area contributed by atoms with Gasteiger partial charge in [-0.25, -0.2) is 13.1 Å². The average molecular weight is 456 g/mol. The molecular formula is C24H29N3O4S. The summed E-state index contributed by atoms with van der Waals surface area (Å²) in [6.45, 7) is 3.85. The number of piperidine rings is 1. The highest BCUT2D eigenvalue weighted by molar-refractivity contribution is 7.89. The highest BCUT2D eigenvalue weighted by Gasteiger charge is 2.25. The standard InChI is InChI=1S/C24H29N3O4S/c1-2-31-19-7-9-20(10-8-19)32(29,30)26-14-11-24(28)27-15-12-18(13-16-27)22-17-25-23-6-4-3-5-21(22)23/h3-10,17-18,25-26H,2,11-16H2,1H3. The van der Waals surface area contributed by atoms with Crippen molar-refractivity contribution in [2.45, 2.75) is 37.0 Å². The third kappa shape index (κ3) is 4.97. The Bertz CT molecular complexity index is 1160. The quantitative estimate of drug-likeness (QED) is 0.543. The third-order valence-corrected chi connectivity index (χ3v) is 7.46. The van der Waals surface area contributed by atoms with Crippen molar-refractivity contribution in [1.82, 2.24) is 14.6 Å². The third-order valence-electron chi connectivity index (χ3n) is 5.98. The molecule has 7 nitrogen and oxygen atoms in total. The van der Waals surface area contributed by atoms with Gasteiger partial charge in [-0.2, -0.15) is 0 Å². The smallest absolute Gasteiger partial charge is 0.240 e. The lowest BCUT2D eigenvalue weighted by atomic mass is 9.89. The van der Waals surface area contributed by atoms with E-state index >= 15 is 0 Å². The molecule has 1 saturated heterocycles. The molecule has 32 heavy (non-hydrogen) atoms. The lowest BCUT2D eigenvalue weighted by Crippen LogP contribution is -2.39. The molecule has 0 saturated carbocycles. The summed E-state index contributed by atoms with van der Waals surface area (Å²) in [6, 6.07) is 14.5. The van der Waals surface area contributed by atoms with E-state index < -0.39 is 10.0 Å². The van der Waals surface area contributed by atoms with Crippen molar-refractivity contribution >= 4 is 26.8 Å². The monoisotopic (exact) mass is 455 g/mol. The van der Waals surface area contributed by atoms with Crippen molar-refractivity contribution in [2.75, 3.05) is 26.2 Å². The molecule has 1 aromatic heterocycles. The van der Waals surface area contributed by atoms with Crippen molar-refractivity contribution in [3.8, 4) is 5.75 Å². The second-order valence-electron chi connectivity index (χ2n) is 8.00. The van der Waals surface area contributed by atoms with Crippen LogP contribution in [0.25, 0.3) is 10.9 Å². The Morgan fingerprint density at radius 3 is 2.56 bits per heavy atom. The molecule has 2 N–H and O–H groups in total. The van der Waals surface area contributed by atoms with Crippen LogP contribution < -0.4 is 9.46 Å². The van der Waals surface area contributed by atoms with Gasteiger partial charge in [0.05, 0.1) is 11.5 Å². The molecule has 0 spiro atoms. The van der Waals surface area contributed by atoms with E-state index in [0.717, 1.165) is 18.4 Å². The van der Waals surface area contributed by atoms with Crippen LogP contribution >= 0.6 is 0 Å². The minimum absolute atomic E-state index is 0.0169. The molecule has 0 radical (unpaired) electrons. The molecular weight excluding hydrogens is 426 g/mol. The predicted octanol–water partition coefficient (Wildman–Crippen LogP) is 3.64. The Hall–Kier alpha value is -2.84. The van der Waals surface area contributed by atoms with Crippen molar-refractivity contribution in [3.05, 3.63) is 60.3 Å². The molecule has 1 amide bonds. The minimum Gasteiger partial charge on any atom is -0.494 e. The van der Waals surface area contributed by atoms with Crippen LogP contribution in [0.15, 0.2) is 59.6 Å². The predicted molar refractivity (Wildman–Crippen MR) is 124 cm³/mol. The zero-order chi connectivity index (χ0) is 22.6. The molecule has 2 heterocycles. The molecule has 3 aromatic rings. The second-order valence-corrected chi connectivity index (χ2v) is 9.76. The van der Waals surface area contributed by atoms with Gasteiger partial charge in [-0.05, 0) is 61.6 Å². The van der Waals surface area contributed by atoms with Gasteiger partial charge in [0.25, 0.3) is 0 Å². The van der Waals surface area contributed by atoms with Gasteiger partial charge in [0.15, 0.2) is 0 Å². The van der Waals surface area contributed by atoms with Gasteiger partial charge < -0.3 is 14.6 Å². The Labute approximate surface area is 188 Å². The van der Waals surface area contributed by atoms with E-state index in [0.29, 0.717) is 31.4 Å². The van der Waals surface area contributed by atoms with E-state index in [1.165, 1.54) is 23.1 Å². The van der Waals surface area contributed by atoms with E-state index in [-0.39, 0.29) is 23.8 Å². The first kappa shape index (κ1) is 22.4. The SMILES string of the molecule is CCOc1ccc(S(=O)(=O)NCCC(=O)N2CCC(c3c[nH]c4ccccc34)CC2)cc1. The molecule has 0 unspecified atom stereocenters. The fraction of sp³-hybridized carbons (Fsp3) is 0.375. The number of hydrogen-bond donors (Lipinski definition) is 2. The number of H-pyrrole nitrogens is 1. The number of amides is 1. The molecule has 8 heteroatoms. The van der Waals surface area contributed by atoms with Gasteiger partial charge in [0.1, 0.15) is 5.75 Å². The van der Waals surface area contributed by atoms with E-state index in [4.69, 9.17) is 4.74 Å². The summed E-state index contributed by atoms with van der Waals surface area (Å²) in [7, 11) is -3.66. The summed E-state index contributed by atoms with van der Waals surface area (Å²) in [4.78, 5) is 17.9. The summed E-state index contributed by atoms with van der Waals surface area (Å²) >= 11 is 0. The number of nitrogens with one attached hydrogen (secondary N) is 2. The molecule has 0 aliphatic carbocycles. The average Bonchev–Trinajstić information content (AvgIpc) is 3.24. The zero-order valence-electron chi connectivity index (χ0n) is 18.2. The molecule has 1 aliphatic rings. The van der Waals surface area contributed by atoms with Crippen LogP contribution in [0.3, 0.4) is 0 Å². The Morgan fingerprint density at radius 1 is 1.12 bits per heavy atom. The van der Waals surface area contributed by atoms with Crippen LogP contribution in [0.1, 0.15) is 37.7 Å². The fourth-order valence-electron chi connectivity index (χ4n) is 4.29. The lowest BCUT2D eigenvalue weighted by molar-refractivity contribution is -0.132. The van der Waals surface area contributed by atoms with Gasteiger partial charge in [-0.1, -0.05) is 18.2 Å². The maximum atomic E-state index is 12.6. The molecule has 1 aliphatic heterocycles. The number of aromatic nitrogens is 1. The van der Waals surface area contributed by atoms with Gasteiger partial charge in [-0.15, -0.1) is 0 Å². The second kappa shape index (κ2) is 9.75. The Kier molecular flexibility index (Phi) is 6.81. The van der Waals surface area contributed by atoms with Crippen molar-refractivity contribution < 1.29 is 17.9 Å². The molecule has 0 atom stereocenters. The zero-order valence-corrected chi connectivity index (χ0v) is 19.0. The largest absolute Gasteiger partial charge is 0.494 e. The number of fused-ring (bicyclic) bond motifs is 1. The van der Waals surface area contributed by atoms with Crippen LogP contribution in [-0.2, 0) is 14.8 Å². The number of ether oxygens (including phenoxy) is 1. The number of rotatable bonds is 8. The van der Waals surface area contributed by atoms with Crippen LogP contribution in [-0.4, -0.2) is 50.5 Å². The summed E-state index contributed by atoms with van der Waals surface area (Å²) in [6.07, 6.45) is 4.05. The number of aromatic amines is 1. The highest BCUT2D eigenvalue weighted by atomic mass is 32.2. The van der Waals surface area contributed by atoms with E-state index in [1.54, 1.807) is 12.1 Å². The molecule has 2 aromatic carbocycles. The number of carbonyl (C=O) groups is 1. The number of nitrogens with zero attached hydrogens (tertiary/aromatic N) is 1. The van der Waals surface area contributed by atoms with Crippen molar-refractivity contribution in [1.29, 1.82) is 0 Å². The van der Waals surface area contributed by atoms with Crippen molar-refractivity contribution in [3.63, 3.8) is 0 Å². The molecule has 0 bridgehead atoms. The number of hydrogen-bond acceptors (Lipinski definition) is 4. The normalized spacial score (nSPS) is 15.2. The summed E-state index contributed by atoms with van der Waals surface area (Å²) in [5.41, 5.74) is 2.46. The number of carbonyl (C=O) groups excluding carboxylic acids is 1. The van der Waals surface area contributed by atoms with Crippen LogP contribution in [0, 0.1) is 0 Å². The van der Waals surface area contributed by atoms with Gasteiger partial charge in [0, 0.05) is 43.2 Å². The highest BCUT2D eigenvalue weighted by Crippen LogP contribution is 2.33. The lowest BCUT2D eigenvalue weighted by Gasteiger charge is -2.32. The van der Waals surface area contributed by atoms with Crippen molar-refractivity contribution in [2.24, 2.45) is 0 Å². The summed E-state index contributed by atoms with van der Waals surface area (Å²) in [5, 5.41) is 1.25. The number of benzene rings is 2. The topological polar surface area (TPSA) is 91.5 Å². The van der Waals surface area contributed by atoms with Gasteiger partial charge >= 0.3 is 0 Å². The van der Waals surface area contributed by atoms with E-state index in [1.807, 2.05) is 24.0 Å². The minimum atomic E-state index is -3.66. The maximum absolute atomic E-state index is 12.6. The maximum Gasteiger partial charge on any atom is 0.240 e. The molecule has 1 fully saturated rings. The van der Waals surface area contributed by atoms with Crippen LogP contribution in [0.4, 0.5) is 0 Å². The Balaban J connectivity index is 1.26. The molecule has 170 valence electrons. The van der Waals surface area contributed by atoms with E-state index in [9.17, 15) is 13.2 Å². The number of para-hydroxylation sites is 1. The summed E-state index contributed by atoms with van der Waals surface area (Å²) in [5.74, 6) is 1.03. The first-order valence-electron chi connectivity index (χ1n) is 11.0. The summed E-state index contributed by atoms with van der Waals surface area (Å²) < 4.78 is 32.8. The Morgan fingerprint density at radius 2 is 1.84 bits per heavy atom. The molecule has 4 rings (SSSR count).